The number of hydrogen-bond acceptors (Lipinski definition) is 3. The minimum absolute atomic E-state index is 0.300. The molecule has 2 nitrogen and oxygen atoms in total. The van der Waals surface area contributed by atoms with Gasteiger partial charge in [-0.15, -0.1) is 0 Å². The van der Waals surface area contributed by atoms with Gasteiger partial charge in [0.15, 0.2) is 0 Å². The maximum atomic E-state index is 13.5. The molecule has 1 aliphatic heterocycles. The molecule has 0 aliphatic carbocycles. The van der Waals surface area contributed by atoms with Crippen molar-refractivity contribution in [2.24, 2.45) is 5.73 Å². The van der Waals surface area contributed by atoms with Crippen molar-refractivity contribution in [3.05, 3.63) is 47.0 Å². The number of nitrogens with two attached hydrogens (primary N) is 1. The molecule has 15 heavy (non-hydrogen) atoms. The number of allylic oxidation sites excluding steroid dienone is 2. The molecule has 1 aromatic rings. The van der Waals surface area contributed by atoms with Gasteiger partial charge in [0.05, 0.1) is 5.03 Å². The van der Waals surface area contributed by atoms with Gasteiger partial charge in [-0.3, -0.25) is 4.98 Å². The SMILES string of the molecule is NC1=CCCC=C(c2ncccc2F)S1. The van der Waals surface area contributed by atoms with E-state index in [9.17, 15) is 4.39 Å². The first-order valence-corrected chi connectivity index (χ1v) is 5.53. The molecule has 0 fully saturated rings. The minimum Gasteiger partial charge on any atom is -0.394 e. The van der Waals surface area contributed by atoms with Gasteiger partial charge in [-0.1, -0.05) is 23.9 Å². The highest BCUT2D eigenvalue weighted by atomic mass is 32.2. The molecule has 0 aromatic carbocycles. The lowest BCUT2D eigenvalue weighted by molar-refractivity contribution is 0.617. The number of pyridine rings is 1. The molecule has 0 spiro atoms. The van der Waals surface area contributed by atoms with Crippen LogP contribution in [0.1, 0.15) is 18.5 Å². The molecule has 2 rings (SSSR count). The zero-order chi connectivity index (χ0) is 10.7. The normalized spacial score (nSPS) is 16.6. The Hall–Kier alpha value is -1.29. The minimum atomic E-state index is -0.300. The first kappa shape index (κ1) is 10.2. The predicted octanol–water partition coefficient (Wildman–Crippen LogP) is 2.89. The Kier molecular flexibility index (Phi) is 3.06. The lowest BCUT2D eigenvalue weighted by Gasteiger charge is -2.05. The van der Waals surface area contributed by atoms with Gasteiger partial charge in [-0.2, -0.15) is 0 Å². The van der Waals surface area contributed by atoms with Crippen LogP contribution in [0.2, 0.25) is 0 Å². The van der Waals surface area contributed by atoms with E-state index in [4.69, 9.17) is 5.73 Å². The largest absolute Gasteiger partial charge is 0.394 e. The van der Waals surface area contributed by atoms with E-state index in [1.165, 1.54) is 17.8 Å². The zero-order valence-corrected chi connectivity index (χ0v) is 8.93. The van der Waals surface area contributed by atoms with Crippen LogP contribution in [0.25, 0.3) is 4.91 Å². The van der Waals surface area contributed by atoms with Gasteiger partial charge in [0.25, 0.3) is 0 Å². The second-order valence-electron chi connectivity index (χ2n) is 3.19. The number of thioether (sulfide) groups is 1. The average molecular weight is 222 g/mol. The molecular formula is C11H11FN2S. The van der Waals surface area contributed by atoms with Gasteiger partial charge >= 0.3 is 0 Å². The van der Waals surface area contributed by atoms with Gasteiger partial charge < -0.3 is 5.73 Å². The summed E-state index contributed by atoms with van der Waals surface area (Å²) >= 11 is 1.37. The van der Waals surface area contributed by atoms with E-state index in [2.05, 4.69) is 4.98 Å². The molecular weight excluding hydrogens is 211 g/mol. The summed E-state index contributed by atoms with van der Waals surface area (Å²) in [7, 11) is 0. The van der Waals surface area contributed by atoms with E-state index < -0.39 is 0 Å². The third-order valence-electron chi connectivity index (χ3n) is 2.06. The average Bonchev–Trinajstić information content (AvgIpc) is 2.43. The van der Waals surface area contributed by atoms with Gasteiger partial charge in [0, 0.05) is 11.1 Å². The highest BCUT2D eigenvalue weighted by Gasteiger charge is 2.12. The van der Waals surface area contributed by atoms with Crippen LogP contribution < -0.4 is 5.73 Å². The van der Waals surface area contributed by atoms with Crippen molar-refractivity contribution in [3.8, 4) is 0 Å². The van der Waals surface area contributed by atoms with E-state index in [-0.39, 0.29) is 5.82 Å². The van der Waals surface area contributed by atoms with Gasteiger partial charge in [0.2, 0.25) is 0 Å². The molecule has 1 aliphatic rings. The smallest absolute Gasteiger partial charge is 0.150 e. The lowest BCUT2D eigenvalue weighted by Crippen LogP contribution is -1.94. The zero-order valence-electron chi connectivity index (χ0n) is 8.11. The van der Waals surface area contributed by atoms with Crippen molar-refractivity contribution in [3.63, 3.8) is 0 Å². The summed E-state index contributed by atoms with van der Waals surface area (Å²) in [4.78, 5) is 4.84. The molecule has 0 saturated carbocycles. The summed E-state index contributed by atoms with van der Waals surface area (Å²) in [5.74, 6) is -0.300. The third-order valence-corrected chi connectivity index (χ3v) is 3.04. The Balaban J connectivity index is 2.35. The molecule has 2 N–H and O–H groups in total. The summed E-state index contributed by atoms with van der Waals surface area (Å²) in [6.07, 6.45) is 7.29. The van der Waals surface area contributed by atoms with E-state index in [0.29, 0.717) is 10.7 Å². The Morgan fingerprint density at radius 1 is 1.33 bits per heavy atom. The Morgan fingerprint density at radius 2 is 2.13 bits per heavy atom. The molecule has 0 unspecified atom stereocenters. The molecule has 0 atom stereocenters. The number of nitrogens with zero attached hydrogens (tertiary/aromatic N) is 1. The molecule has 2 heterocycles. The summed E-state index contributed by atoms with van der Waals surface area (Å²) in [5, 5.41) is 0.712. The molecule has 4 heteroatoms. The summed E-state index contributed by atoms with van der Waals surface area (Å²) in [5.41, 5.74) is 6.14. The molecule has 0 bridgehead atoms. The lowest BCUT2D eigenvalue weighted by atomic mass is 10.2. The summed E-state index contributed by atoms with van der Waals surface area (Å²) in [6, 6.07) is 2.99. The van der Waals surface area contributed by atoms with Crippen LogP contribution in [0, 0.1) is 5.82 Å². The van der Waals surface area contributed by atoms with Crippen molar-refractivity contribution < 1.29 is 4.39 Å². The van der Waals surface area contributed by atoms with Crippen molar-refractivity contribution in [2.75, 3.05) is 0 Å². The van der Waals surface area contributed by atoms with Crippen molar-refractivity contribution in [1.29, 1.82) is 0 Å². The fraction of sp³-hybridized carbons (Fsp3) is 0.182. The maximum absolute atomic E-state index is 13.5. The summed E-state index contributed by atoms with van der Waals surface area (Å²) < 4.78 is 13.5. The van der Waals surface area contributed by atoms with E-state index in [0.717, 1.165) is 17.7 Å². The first-order chi connectivity index (χ1) is 7.27. The Bertz CT molecular complexity index is 426. The van der Waals surface area contributed by atoms with E-state index >= 15 is 0 Å². The molecule has 0 radical (unpaired) electrons. The van der Waals surface area contributed by atoms with E-state index in [1.807, 2.05) is 12.2 Å². The first-order valence-electron chi connectivity index (χ1n) is 4.72. The number of rotatable bonds is 1. The predicted molar refractivity (Wildman–Crippen MR) is 61.3 cm³/mol. The third kappa shape index (κ3) is 2.39. The van der Waals surface area contributed by atoms with Crippen LogP contribution >= 0.6 is 11.8 Å². The van der Waals surface area contributed by atoms with Gasteiger partial charge in [-0.25, -0.2) is 4.39 Å². The topological polar surface area (TPSA) is 38.9 Å². The highest BCUT2D eigenvalue weighted by Crippen LogP contribution is 2.34. The second kappa shape index (κ2) is 4.49. The van der Waals surface area contributed by atoms with Crippen molar-refractivity contribution in [2.45, 2.75) is 12.8 Å². The van der Waals surface area contributed by atoms with Crippen LogP contribution in [0.5, 0.6) is 0 Å². The number of halogens is 1. The summed E-state index contributed by atoms with van der Waals surface area (Å²) in [6.45, 7) is 0. The highest BCUT2D eigenvalue weighted by molar-refractivity contribution is 8.11. The van der Waals surface area contributed by atoms with Crippen molar-refractivity contribution >= 4 is 16.7 Å². The van der Waals surface area contributed by atoms with Crippen LogP contribution in [-0.2, 0) is 0 Å². The quantitative estimate of drug-likeness (QED) is 0.794. The fourth-order valence-corrected chi connectivity index (χ4v) is 2.27. The molecule has 0 amide bonds. The van der Waals surface area contributed by atoms with Gasteiger partial charge in [-0.05, 0) is 25.0 Å². The molecule has 1 aromatic heterocycles. The monoisotopic (exact) mass is 222 g/mol. The van der Waals surface area contributed by atoms with Crippen LogP contribution in [0.4, 0.5) is 4.39 Å². The Labute approximate surface area is 92.1 Å². The fourth-order valence-electron chi connectivity index (χ4n) is 1.36. The number of hydrogen-bond donors (Lipinski definition) is 1. The Morgan fingerprint density at radius 3 is 2.93 bits per heavy atom. The van der Waals surface area contributed by atoms with Crippen LogP contribution in [-0.4, -0.2) is 4.98 Å². The second-order valence-corrected chi connectivity index (χ2v) is 4.30. The number of aromatic nitrogens is 1. The maximum Gasteiger partial charge on any atom is 0.150 e. The van der Waals surface area contributed by atoms with Crippen LogP contribution in [0.15, 0.2) is 35.5 Å². The molecule has 0 saturated heterocycles. The molecule has 78 valence electrons. The standard InChI is InChI=1S/C11H11FN2S/c12-8-4-3-7-14-11(8)9-5-1-2-6-10(13)15-9/h3-7H,1-2,13H2. The van der Waals surface area contributed by atoms with E-state index in [1.54, 1.807) is 12.3 Å². The van der Waals surface area contributed by atoms with Gasteiger partial charge in [0.1, 0.15) is 11.5 Å². The van der Waals surface area contributed by atoms with Crippen molar-refractivity contribution in [1.82, 2.24) is 4.98 Å². The van der Waals surface area contributed by atoms with Crippen LogP contribution in [0.3, 0.4) is 0 Å².